The summed E-state index contributed by atoms with van der Waals surface area (Å²) < 4.78 is 36.0. The fourth-order valence-electron chi connectivity index (χ4n) is 1.05. The molecule has 0 unspecified atom stereocenters. The van der Waals surface area contributed by atoms with Gasteiger partial charge in [-0.3, -0.25) is 15.2 Å². The topological polar surface area (TPSA) is 65.8 Å². The Balaban J connectivity index is 3.01. The van der Waals surface area contributed by atoms with E-state index >= 15 is 0 Å². The van der Waals surface area contributed by atoms with E-state index in [-0.39, 0.29) is 21.6 Å². The summed E-state index contributed by atoms with van der Waals surface area (Å²) in [6, 6.07) is 1.16. The van der Waals surface area contributed by atoms with Crippen LogP contribution in [0.15, 0.2) is 12.3 Å². The number of carbonyl (C=O) groups excluding carboxylic acids is 1. The molecule has 0 aliphatic carbocycles. The van der Waals surface area contributed by atoms with Gasteiger partial charge in [-0.2, -0.15) is 13.2 Å². The minimum atomic E-state index is -4.38. The number of hydrogen-bond donors (Lipinski definition) is 2. The van der Waals surface area contributed by atoms with Gasteiger partial charge < -0.3 is 5.32 Å². The fraction of sp³-hybridized carbons (Fsp3) is 0.222. The standard InChI is InChI=1S/C9H7BrF3N3O/c10-8(14)6-2-15-5(3-17)1-7(6)16-4-9(11,12)13/h1-3,14H,4H2,(H,15,16). The zero-order valence-electron chi connectivity index (χ0n) is 8.31. The number of aromatic nitrogens is 1. The van der Waals surface area contributed by atoms with E-state index in [1.807, 2.05) is 0 Å². The second-order valence-electron chi connectivity index (χ2n) is 3.06. The van der Waals surface area contributed by atoms with Crippen molar-refractivity contribution >= 4 is 32.5 Å². The molecule has 0 fully saturated rings. The molecule has 0 radical (unpaired) electrons. The second kappa shape index (κ2) is 5.26. The molecular formula is C9H7BrF3N3O. The zero-order chi connectivity index (χ0) is 13.1. The zero-order valence-corrected chi connectivity index (χ0v) is 9.89. The molecule has 0 aliphatic heterocycles. The predicted octanol–water partition coefficient (Wildman–Crippen LogP) is 2.59. The molecule has 1 rings (SSSR count). The number of aldehydes is 1. The summed E-state index contributed by atoms with van der Waals surface area (Å²) in [5, 5.41) is 9.42. The maximum atomic E-state index is 12.0. The molecule has 1 aromatic heterocycles. The Kier molecular flexibility index (Phi) is 4.22. The van der Waals surface area contributed by atoms with E-state index in [0.29, 0.717) is 6.29 Å². The summed E-state index contributed by atoms with van der Waals surface area (Å²) >= 11 is 2.83. The third kappa shape index (κ3) is 4.14. The van der Waals surface area contributed by atoms with Crippen molar-refractivity contribution in [3.05, 3.63) is 23.5 Å². The average Bonchev–Trinajstić information content (AvgIpc) is 2.24. The van der Waals surface area contributed by atoms with Crippen molar-refractivity contribution < 1.29 is 18.0 Å². The van der Waals surface area contributed by atoms with Crippen LogP contribution in [0.4, 0.5) is 18.9 Å². The molecular weight excluding hydrogens is 303 g/mol. The van der Waals surface area contributed by atoms with E-state index in [1.165, 1.54) is 0 Å². The third-order valence-electron chi connectivity index (χ3n) is 1.76. The maximum Gasteiger partial charge on any atom is 0.405 e. The first-order valence-corrected chi connectivity index (χ1v) is 5.13. The first-order chi connectivity index (χ1) is 7.83. The molecule has 0 bridgehead atoms. The molecule has 0 atom stereocenters. The highest BCUT2D eigenvalue weighted by Gasteiger charge is 2.27. The van der Waals surface area contributed by atoms with Gasteiger partial charge in [0.2, 0.25) is 0 Å². The van der Waals surface area contributed by atoms with Gasteiger partial charge in [-0.25, -0.2) is 0 Å². The molecule has 0 aliphatic rings. The Morgan fingerprint density at radius 1 is 1.59 bits per heavy atom. The molecule has 17 heavy (non-hydrogen) atoms. The van der Waals surface area contributed by atoms with Crippen LogP contribution in [0.3, 0.4) is 0 Å². The molecule has 0 spiro atoms. The van der Waals surface area contributed by atoms with Crippen LogP contribution in [-0.4, -0.2) is 28.6 Å². The van der Waals surface area contributed by atoms with Gasteiger partial charge in [0.05, 0.1) is 0 Å². The van der Waals surface area contributed by atoms with E-state index in [1.54, 1.807) is 0 Å². The predicted molar refractivity (Wildman–Crippen MR) is 59.9 cm³/mol. The molecule has 92 valence electrons. The van der Waals surface area contributed by atoms with Crippen molar-refractivity contribution in [1.29, 1.82) is 5.41 Å². The van der Waals surface area contributed by atoms with Crippen LogP contribution >= 0.6 is 15.9 Å². The van der Waals surface area contributed by atoms with Crippen molar-refractivity contribution in [3.63, 3.8) is 0 Å². The largest absolute Gasteiger partial charge is 0.405 e. The van der Waals surface area contributed by atoms with Crippen LogP contribution < -0.4 is 5.32 Å². The molecule has 1 heterocycles. The number of pyridine rings is 1. The van der Waals surface area contributed by atoms with Crippen LogP contribution in [-0.2, 0) is 0 Å². The van der Waals surface area contributed by atoms with Gasteiger partial charge in [0, 0.05) is 17.4 Å². The van der Waals surface area contributed by atoms with Crippen LogP contribution in [0.2, 0.25) is 0 Å². The normalized spacial score (nSPS) is 11.1. The number of alkyl halides is 3. The maximum absolute atomic E-state index is 12.0. The first kappa shape index (κ1) is 13.6. The quantitative estimate of drug-likeness (QED) is 0.663. The Morgan fingerprint density at radius 3 is 2.71 bits per heavy atom. The van der Waals surface area contributed by atoms with E-state index in [9.17, 15) is 18.0 Å². The summed E-state index contributed by atoms with van der Waals surface area (Å²) in [4.78, 5) is 14.1. The molecule has 1 aromatic rings. The lowest BCUT2D eigenvalue weighted by molar-refractivity contribution is -0.115. The summed E-state index contributed by atoms with van der Waals surface area (Å²) in [6.07, 6.45) is -2.81. The van der Waals surface area contributed by atoms with Crippen molar-refractivity contribution in [1.82, 2.24) is 4.98 Å². The second-order valence-corrected chi connectivity index (χ2v) is 3.85. The minimum absolute atomic E-state index is 0.00725. The van der Waals surface area contributed by atoms with Crippen LogP contribution in [0, 0.1) is 5.41 Å². The lowest BCUT2D eigenvalue weighted by atomic mass is 10.2. The van der Waals surface area contributed by atoms with E-state index < -0.39 is 12.7 Å². The van der Waals surface area contributed by atoms with Crippen molar-refractivity contribution in [2.45, 2.75) is 6.18 Å². The highest BCUT2D eigenvalue weighted by atomic mass is 79.9. The van der Waals surface area contributed by atoms with Gasteiger partial charge in [-0.1, -0.05) is 0 Å². The number of nitrogens with one attached hydrogen (secondary N) is 2. The van der Waals surface area contributed by atoms with Gasteiger partial charge in [-0.05, 0) is 22.0 Å². The monoisotopic (exact) mass is 309 g/mol. The number of anilines is 1. The Labute approximate surface area is 103 Å². The minimum Gasteiger partial charge on any atom is -0.376 e. The highest BCUT2D eigenvalue weighted by Crippen LogP contribution is 2.21. The van der Waals surface area contributed by atoms with Crippen molar-refractivity contribution in [2.75, 3.05) is 11.9 Å². The van der Waals surface area contributed by atoms with E-state index in [2.05, 4.69) is 26.2 Å². The van der Waals surface area contributed by atoms with Gasteiger partial charge in [0.1, 0.15) is 16.9 Å². The van der Waals surface area contributed by atoms with Crippen molar-refractivity contribution in [3.8, 4) is 0 Å². The van der Waals surface area contributed by atoms with Crippen LogP contribution in [0.1, 0.15) is 16.1 Å². The SMILES string of the molecule is N=C(Br)c1cnc(C=O)cc1NCC(F)(F)F. The Morgan fingerprint density at radius 2 is 2.24 bits per heavy atom. The molecule has 4 nitrogen and oxygen atoms in total. The lowest BCUT2D eigenvalue weighted by Gasteiger charge is -2.12. The first-order valence-electron chi connectivity index (χ1n) is 4.34. The number of hydrogen-bond acceptors (Lipinski definition) is 4. The van der Waals surface area contributed by atoms with Gasteiger partial charge in [-0.15, -0.1) is 0 Å². The Bertz CT molecular complexity index is 448. The molecule has 0 saturated carbocycles. The smallest absolute Gasteiger partial charge is 0.376 e. The fourth-order valence-corrected chi connectivity index (χ4v) is 1.37. The summed E-state index contributed by atoms with van der Waals surface area (Å²) in [6.45, 7) is -1.25. The summed E-state index contributed by atoms with van der Waals surface area (Å²) in [5.41, 5.74) is 0.174. The van der Waals surface area contributed by atoms with Crippen LogP contribution in [0.25, 0.3) is 0 Å². The van der Waals surface area contributed by atoms with Crippen molar-refractivity contribution in [2.24, 2.45) is 0 Å². The number of halogens is 4. The lowest BCUT2D eigenvalue weighted by Crippen LogP contribution is -2.22. The average molecular weight is 310 g/mol. The van der Waals surface area contributed by atoms with Gasteiger partial charge in [0.25, 0.3) is 0 Å². The van der Waals surface area contributed by atoms with E-state index in [4.69, 9.17) is 5.41 Å². The summed E-state index contributed by atoms with van der Waals surface area (Å²) in [5.74, 6) is 0. The van der Waals surface area contributed by atoms with Gasteiger partial charge >= 0.3 is 6.18 Å². The molecule has 0 aromatic carbocycles. The third-order valence-corrected chi connectivity index (χ3v) is 2.19. The van der Waals surface area contributed by atoms with E-state index in [0.717, 1.165) is 12.3 Å². The van der Waals surface area contributed by atoms with Gasteiger partial charge in [0.15, 0.2) is 6.29 Å². The molecule has 2 N–H and O–H groups in total. The number of rotatable bonds is 4. The number of carbonyl (C=O) groups is 1. The molecule has 0 saturated heterocycles. The summed E-state index contributed by atoms with van der Waals surface area (Å²) in [7, 11) is 0. The number of nitrogens with zero attached hydrogens (tertiary/aromatic N) is 1. The van der Waals surface area contributed by atoms with Crippen LogP contribution in [0.5, 0.6) is 0 Å². The highest BCUT2D eigenvalue weighted by molar-refractivity contribution is 9.18. The molecule has 0 amide bonds. The molecule has 8 heteroatoms. The Hall–Kier alpha value is -1.44.